The lowest BCUT2D eigenvalue weighted by Crippen LogP contribution is -2.39. The molecule has 3 rings (SSSR count). The number of imidazole rings is 1. The van der Waals surface area contributed by atoms with Gasteiger partial charge in [-0.3, -0.25) is 4.90 Å². The second-order valence-corrected chi connectivity index (χ2v) is 6.24. The molecule has 2 aromatic rings. The van der Waals surface area contributed by atoms with Gasteiger partial charge in [0.1, 0.15) is 23.8 Å². The zero-order valence-corrected chi connectivity index (χ0v) is 13.2. The molecule has 1 N–H and O–H groups in total. The Kier molecular flexibility index (Phi) is 4.18. The molecule has 1 atom stereocenters. The number of nitrogens with zero attached hydrogens (tertiary/aromatic N) is 3. The van der Waals surface area contributed by atoms with Gasteiger partial charge in [0.2, 0.25) is 0 Å². The lowest BCUT2D eigenvalue weighted by atomic mass is 10.1. The van der Waals surface area contributed by atoms with Crippen LogP contribution in [0.4, 0.5) is 0 Å². The molecule has 5 nitrogen and oxygen atoms in total. The summed E-state index contributed by atoms with van der Waals surface area (Å²) in [6.07, 6.45) is 4.47. The summed E-state index contributed by atoms with van der Waals surface area (Å²) in [5.74, 6) is 1.82. The maximum Gasteiger partial charge on any atom is 0.122 e. The number of rotatable bonds is 5. The molecule has 0 unspecified atom stereocenters. The first-order valence-corrected chi connectivity index (χ1v) is 7.64. The number of aromatic nitrogens is 2. The van der Waals surface area contributed by atoms with Crippen LogP contribution in [0.1, 0.15) is 17.8 Å². The average molecular weight is 301 g/mol. The van der Waals surface area contributed by atoms with Crippen LogP contribution in [0, 0.1) is 6.92 Å². The highest BCUT2D eigenvalue weighted by molar-refractivity contribution is 5.26. The molecular weight excluding hydrogens is 278 g/mol. The minimum Gasteiger partial charge on any atom is -0.491 e. The Bertz CT molecular complexity index is 623. The lowest BCUT2D eigenvalue weighted by Gasteiger charge is -2.23. The van der Waals surface area contributed by atoms with Gasteiger partial charge >= 0.3 is 0 Å². The van der Waals surface area contributed by atoms with E-state index in [0.29, 0.717) is 13.2 Å². The summed E-state index contributed by atoms with van der Waals surface area (Å²) < 4.78 is 7.77. The van der Waals surface area contributed by atoms with Gasteiger partial charge in [0.05, 0.1) is 6.54 Å². The molecule has 0 spiro atoms. The molecule has 1 aromatic carbocycles. The summed E-state index contributed by atoms with van der Waals surface area (Å²) >= 11 is 0. The highest BCUT2D eigenvalue weighted by Crippen LogP contribution is 2.24. The monoisotopic (exact) mass is 301 g/mol. The van der Waals surface area contributed by atoms with Crippen molar-refractivity contribution in [2.75, 3.05) is 19.7 Å². The molecule has 0 amide bonds. The van der Waals surface area contributed by atoms with Crippen molar-refractivity contribution in [2.45, 2.75) is 25.5 Å². The minimum absolute atomic E-state index is 0.327. The fourth-order valence-electron chi connectivity index (χ4n) is 2.79. The highest BCUT2D eigenvalue weighted by atomic mass is 16.5. The predicted octanol–water partition coefficient (Wildman–Crippen LogP) is 1.74. The second-order valence-electron chi connectivity index (χ2n) is 6.24. The van der Waals surface area contributed by atoms with E-state index in [2.05, 4.69) is 9.88 Å². The second kappa shape index (κ2) is 6.10. The first-order valence-electron chi connectivity index (χ1n) is 7.64. The van der Waals surface area contributed by atoms with Gasteiger partial charge in [-0.15, -0.1) is 0 Å². The molecule has 1 aromatic heterocycles. The Balaban J connectivity index is 1.54. The summed E-state index contributed by atoms with van der Waals surface area (Å²) in [4.78, 5) is 6.56. The van der Waals surface area contributed by atoms with Gasteiger partial charge in [0.15, 0.2) is 0 Å². The molecule has 0 radical (unpaired) electrons. The molecule has 1 fully saturated rings. The molecule has 0 bridgehead atoms. The summed E-state index contributed by atoms with van der Waals surface area (Å²) in [6.45, 7) is 4.61. The van der Waals surface area contributed by atoms with Gasteiger partial charge < -0.3 is 14.4 Å². The normalized spacial score (nSPS) is 22.1. The molecular formula is C17H23N3O2. The van der Waals surface area contributed by atoms with E-state index >= 15 is 0 Å². The number of aryl methyl sites for hydroxylation is 2. The van der Waals surface area contributed by atoms with Crippen LogP contribution in [0.3, 0.4) is 0 Å². The highest BCUT2D eigenvalue weighted by Gasteiger charge is 2.37. The summed E-state index contributed by atoms with van der Waals surface area (Å²) in [7, 11) is 1.99. The van der Waals surface area contributed by atoms with E-state index in [1.807, 2.05) is 49.0 Å². The standard InChI is InChI=1S/C17H23N3O2/c1-14-3-5-15(6-4-14)22-13-17(21)7-9-20(12-17)11-16-18-8-10-19(16)2/h3-6,8,10,21H,7,9,11-13H2,1-2H3/t17-/m1/s1. The fraction of sp³-hybridized carbons (Fsp3) is 0.471. The summed E-state index contributed by atoms with van der Waals surface area (Å²) in [6, 6.07) is 7.92. The average Bonchev–Trinajstić information content (AvgIpc) is 3.06. The number of hydrogen-bond acceptors (Lipinski definition) is 4. The maximum absolute atomic E-state index is 10.7. The SMILES string of the molecule is Cc1ccc(OC[C@@]2(O)CCN(Cc3nccn3C)C2)cc1. The quantitative estimate of drug-likeness (QED) is 0.914. The van der Waals surface area contributed by atoms with E-state index in [4.69, 9.17) is 4.74 Å². The molecule has 22 heavy (non-hydrogen) atoms. The van der Waals surface area contributed by atoms with Crippen molar-refractivity contribution >= 4 is 0 Å². The van der Waals surface area contributed by atoms with Crippen molar-refractivity contribution in [3.63, 3.8) is 0 Å². The van der Waals surface area contributed by atoms with Crippen molar-refractivity contribution in [2.24, 2.45) is 7.05 Å². The summed E-state index contributed by atoms with van der Waals surface area (Å²) in [5.41, 5.74) is 0.420. The Hall–Kier alpha value is -1.85. The van der Waals surface area contributed by atoms with Gasteiger partial charge in [0.25, 0.3) is 0 Å². The largest absolute Gasteiger partial charge is 0.491 e. The van der Waals surface area contributed by atoms with Gasteiger partial charge in [-0.05, 0) is 25.5 Å². The first-order chi connectivity index (χ1) is 10.5. The smallest absolute Gasteiger partial charge is 0.122 e. The van der Waals surface area contributed by atoms with E-state index in [1.54, 1.807) is 6.20 Å². The van der Waals surface area contributed by atoms with E-state index in [9.17, 15) is 5.11 Å². The molecule has 2 heterocycles. The number of likely N-dealkylation sites (tertiary alicyclic amines) is 1. The third-order valence-corrected chi connectivity index (χ3v) is 4.23. The predicted molar refractivity (Wildman–Crippen MR) is 84.7 cm³/mol. The van der Waals surface area contributed by atoms with Crippen LogP contribution in [0.2, 0.25) is 0 Å². The topological polar surface area (TPSA) is 50.5 Å². The van der Waals surface area contributed by atoms with Crippen LogP contribution < -0.4 is 4.74 Å². The van der Waals surface area contributed by atoms with Crippen LogP contribution in [0.5, 0.6) is 5.75 Å². The fourth-order valence-corrected chi connectivity index (χ4v) is 2.79. The van der Waals surface area contributed by atoms with Crippen molar-refractivity contribution < 1.29 is 9.84 Å². The molecule has 5 heteroatoms. The van der Waals surface area contributed by atoms with Crippen LogP contribution in [0.25, 0.3) is 0 Å². The number of aliphatic hydroxyl groups is 1. The molecule has 1 aliphatic rings. The zero-order chi connectivity index (χ0) is 15.6. The van der Waals surface area contributed by atoms with Gasteiger partial charge in [0, 0.05) is 32.5 Å². The number of β-amino-alcohol motifs (C(OH)–C–C–N with tert-alkyl or cyclic N) is 1. The Morgan fingerprint density at radius 1 is 1.32 bits per heavy atom. The summed E-state index contributed by atoms with van der Waals surface area (Å²) in [5, 5.41) is 10.7. The van der Waals surface area contributed by atoms with Crippen molar-refractivity contribution in [1.82, 2.24) is 14.5 Å². The van der Waals surface area contributed by atoms with Crippen molar-refractivity contribution in [3.8, 4) is 5.75 Å². The number of benzene rings is 1. The lowest BCUT2D eigenvalue weighted by molar-refractivity contribution is 0.00316. The van der Waals surface area contributed by atoms with Crippen LogP contribution >= 0.6 is 0 Å². The molecule has 1 saturated heterocycles. The Morgan fingerprint density at radius 2 is 2.09 bits per heavy atom. The first kappa shape index (κ1) is 15.1. The van der Waals surface area contributed by atoms with E-state index in [0.717, 1.165) is 31.1 Å². The van der Waals surface area contributed by atoms with Crippen molar-refractivity contribution in [1.29, 1.82) is 0 Å². The van der Waals surface area contributed by atoms with Crippen molar-refractivity contribution in [3.05, 3.63) is 48.0 Å². The van der Waals surface area contributed by atoms with E-state index in [-0.39, 0.29) is 0 Å². The van der Waals surface area contributed by atoms with Gasteiger partial charge in [-0.2, -0.15) is 0 Å². The zero-order valence-electron chi connectivity index (χ0n) is 13.2. The number of ether oxygens (including phenoxy) is 1. The van der Waals surface area contributed by atoms with Crippen LogP contribution in [-0.4, -0.2) is 44.9 Å². The van der Waals surface area contributed by atoms with Crippen LogP contribution in [-0.2, 0) is 13.6 Å². The molecule has 118 valence electrons. The van der Waals surface area contributed by atoms with Gasteiger partial charge in [-0.25, -0.2) is 4.98 Å². The molecule has 0 saturated carbocycles. The maximum atomic E-state index is 10.7. The Morgan fingerprint density at radius 3 is 2.77 bits per heavy atom. The third-order valence-electron chi connectivity index (χ3n) is 4.23. The minimum atomic E-state index is -0.782. The molecule has 0 aliphatic carbocycles. The third kappa shape index (κ3) is 3.48. The van der Waals surface area contributed by atoms with E-state index in [1.165, 1.54) is 5.56 Å². The van der Waals surface area contributed by atoms with Crippen LogP contribution in [0.15, 0.2) is 36.7 Å². The van der Waals surface area contributed by atoms with Gasteiger partial charge in [-0.1, -0.05) is 17.7 Å². The van der Waals surface area contributed by atoms with E-state index < -0.39 is 5.60 Å². The molecule has 1 aliphatic heterocycles. The number of hydrogen-bond donors (Lipinski definition) is 1. The Labute approximate surface area is 131 Å².